The van der Waals surface area contributed by atoms with Crippen molar-refractivity contribution in [2.75, 3.05) is 0 Å². The molecule has 0 N–H and O–H groups in total. The van der Waals surface area contributed by atoms with Crippen molar-refractivity contribution >= 4 is 17.0 Å². The molecular formula is C45H39F6N. The van der Waals surface area contributed by atoms with E-state index >= 15 is 0 Å². The molecule has 1 aliphatic rings. The zero-order chi connectivity index (χ0) is 37.1. The summed E-state index contributed by atoms with van der Waals surface area (Å²) in [5, 5.41) is 1.00. The molecular weight excluding hydrogens is 668 g/mol. The highest BCUT2D eigenvalue weighted by Gasteiger charge is 2.72. The van der Waals surface area contributed by atoms with Crippen LogP contribution in [0.1, 0.15) is 66.8 Å². The lowest BCUT2D eigenvalue weighted by Gasteiger charge is -2.38. The zero-order valence-electron chi connectivity index (χ0n) is 29.4. The lowest BCUT2D eigenvalue weighted by molar-refractivity contribution is -0.288. The Morgan fingerprint density at radius 1 is 0.538 bits per heavy atom. The van der Waals surface area contributed by atoms with Gasteiger partial charge in [0.1, 0.15) is 0 Å². The normalized spacial score (nSPS) is 15.5. The lowest BCUT2D eigenvalue weighted by atomic mass is 9.69. The first-order valence-electron chi connectivity index (χ1n) is 17.4. The Bertz CT molecular complexity index is 2210. The third kappa shape index (κ3) is 5.56. The summed E-state index contributed by atoms with van der Waals surface area (Å²) in [7, 11) is 0. The largest absolute Gasteiger partial charge is 0.411 e. The van der Waals surface area contributed by atoms with Crippen molar-refractivity contribution in [3.05, 3.63) is 179 Å². The van der Waals surface area contributed by atoms with Gasteiger partial charge in [-0.25, -0.2) is 0 Å². The van der Waals surface area contributed by atoms with Crippen LogP contribution in [0.25, 0.3) is 22.7 Å². The molecule has 0 saturated heterocycles. The van der Waals surface area contributed by atoms with Gasteiger partial charge in [-0.1, -0.05) is 143 Å². The second-order valence-corrected chi connectivity index (χ2v) is 14.8. The number of fused-ring (bicyclic) bond motifs is 3. The highest BCUT2D eigenvalue weighted by Crippen LogP contribution is 2.56. The monoisotopic (exact) mass is 707 g/mol. The third-order valence-corrected chi connectivity index (χ3v) is 11.3. The van der Waals surface area contributed by atoms with Gasteiger partial charge in [0, 0.05) is 22.2 Å². The minimum absolute atomic E-state index is 0.125. The van der Waals surface area contributed by atoms with Crippen molar-refractivity contribution < 1.29 is 26.3 Å². The fourth-order valence-corrected chi connectivity index (χ4v) is 8.06. The molecule has 0 fully saturated rings. The van der Waals surface area contributed by atoms with Crippen molar-refractivity contribution in [3.8, 4) is 5.69 Å². The Hall–Kier alpha value is -5.04. The summed E-state index contributed by atoms with van der Waals surface area (Å²) < 4.78 is 90.9. The van der Waals surface area contributed by atoms with Gasteiger partial charge in [0.2, 0.25) is 5.41 Å². The molecule has 1 heterocycles. The summed E-state index contributed by atoms with van der Waals surface area (Å²) in [6, 6.07) is 37.1. The molecule has 1 aliphatic carbocycles. The molecule has 0 saturated carbocycles. The van der Waals surface area contributed by atoms with Crippen molar-refractivity contribution in [2.24, 2.45) is 5.92 Å². The van der Waals surface area contributed by atoms with Crippen LogP contribution in [-0.2, 0) is 22.7 Å². The topological polar surface area (TPSA) is 4.93 Å². The summed E-state index contributed by atoms with van der Waals surface area (Å²) in [5.41, 5.74) is 0.170. The Labute approximate surface area is 300 Å². The van der Waals surface area contributed by atoms with Crippen molar-refractivity contribution in [3.63, 3.8) is 0 Å². The smallest absolute Gasteiger partial charge is 0.310 e. The maximum absolute atomic E-state index is 14.8. The van der Waals surface area contributed by atoms with Gasteiger partial charge in [0.15, 0.2) is 0 Å². The predicted octanol–water partition coefficient (Wildman–Crippen LogP) is 12.5. The fourth-order valence-electron chi connectivity index (χ4n) is 8.06. The van der Waals surface area contributed by atoms with Crippen molar-refractivity contribution in [2.45, 2.75) is 62.7 Å². The van der Waals surface area contributed by atoms with Crippen LogP contribution in [0.4, 0.5) is 26.3 Å². The minimum Gasteiger partial charge on any atom is -0.310 e. The Morgan fingerprint density at radius 3 is 1.56 bits per heavy atom. The van der Waals surface area contributed by atoms with Crippen LogP contribution in [0.2, 0.25) is 0 Å². The van der Waals surface area contributed by atoms with Crippen LogP contribution >= 0.6 is 0 Å². The van der Waals surface area contributed by atoms with E-state index in [1.165, 1.54) is 35.9 Å². The van der Waals surface area contributed by atoms with E-state index in [1.54, 1.807) is 0 Å². The molecule has 0 amide bonds. The van der Waals surface area contributed by atoms with Gasteiger partial charge in [-0.2, -0.15) is 26.3 Å². The highest BCUT2D eigenvalue weighted by atomic mass is 19.4. The average Bonchev–Trinajstić information content (AvgIpc) is 3.45. The van der Waals surface area contributed by atoms with Crippen LogP contribution < -0.4 is 0 Å². The van der Waals surface area contributed by atoms with Crippen molar-refractivity contribution in [1.82, 2.24) is 4.57 Å². The van der Waals surface area contributed by atoms with E-state index in [9.17, 15) is 26.3 Å². The molecule has 52 heavy (non-hydrogen) atoms. The molecule has 7 heteroatoms. The van der Waals surface area contributed by atoms with Crippen molar-refractivity contribution in [1.29, 1.82) is 0 Å². The number of allylic oxidation sites excluding steroid dienone is 1. The standard InChI is InChI=1S/C45H39F6N/c1-41(2,30-14-8-5-9-15-30)34-22-26-39-37(28-34)38-29-35(42(3,4)31-16-10-6-11-17-31)23-27-40(38)52(39)36-24-20-33(21-25-36)43(44(46,47)48,45(49,50)51)32-18-12-7-13-19-32/h5-28,35H,29H2,1-4H3. The molecule has 266 valence electrons. The summed E-state index contributed by atoms with van der Waals surface area (Å²) in [6.07, 6.45) is -6.37. The number of benzene rings is 5. The van der Waals surface area contributed by atoms with Gasteiger partial charge < -0.3 is 4.57 Å². The van der Waals surface area contributed by atoms with Crippen LogP contribution in [0, 0.1) is 5.92 Å². The SMILES string of the molecule is CC(C)(c1ccccc1)c1ccc2c(c1)c1c(n2-c2ccc(C(c3ccccc3)(C(F)(F)F)C(F)(F)F)cc2)C=CC(C(C)(C)c2ccccc2)C1. The molecule has 1 atom stereocenters. The molecule has 1 nitrogen and oxygen atoms in total. The van der Waals surface area contributed by atoms with Crippen LogP contribution in [0.15, 0.2) is 140 Å². The molecule has 5 aromatic carbocycles. The average molecular weight is 708 g/mol. The minimum atomic E-state index is -5.65. The van der Waals surface area contributed by atoms with Crippen LogP contribution in [-0.4, -0.2) is 16.9 Å². The van der Waals surface area contributed by atoms with Crippen LogP contribution in [0.5, 0.6) is 0 Å². The maximum atomic E-state index is 14.8. The molecule has 0 radical (unpaired) electrons. The van der Waals surface area contributed by atoms with E-state index in [-0.39, 0.29) is 16.7 Å². The highest BCUT2D eigenvalue weighted by molar-refractivity contribution is 5.91. The quantitative estimate of drug-likeness (QED) is 0.146. The van der Waals surface area contributed by atoms with E-state index in [0.717, 1.165) is 57.6 Å². The van der Waals surface area contributed by atoms with Gasteiger partial charge in [0.25, 0.3) is 0 Å². The fraction of sp³-hybridized carbons (Fsp3) is 0.244. The second kappa shape index (κ2) is 12.6. The summed E-state index contributed by atoms with van der Waals surface area (Å²) in [6.45, 7) is 8.80. The number of nitrogens with zero attached hydrogens (tertiary/aromatic N) is 1. The van der Waals surface area contributed by atoms with E-state index in [1.807, 2.05) is 47.0 Å². The third-order valence-electron chi connectivity index (χ3n) is 11.3. The Morgan fingerprint density at radius 2 is 1.02 bits per heavy atom. The molecule has 1 unspecified atom stereocenters. The first kappa shape index (κ1) is 35.4. The molecule has 0 spiro atoms. The zero-order valence-corrected chi connectivity index (χ0v) is 29.4. The van der Waals surface area contributed by atoms with Crippen LogP contribution in [0.3, 0.4) is 0 Å². The number of rotatable bonds is 7. The van der Waals surface area contributed by atoms with E-state index in [4.69, 9.17) is 0 Å². The number of hydrogen-bond acceptors (Lipinski definition) is 0. The van der Waals surface area contributed by atoms with Gasteiger partial charge in [-0.05, 0) is 81.5 Å². The molecule has 7 rings (SSSR count). The number of alkyl halides is 6. The maximum Gasteiger partial charge on any atom is 0.411 e. The molecule has 6 aromatic rings. The molecule has 0 bridgehead atoms. The summed E-state index contributed by atoms with van der Waals surface area (Å²) in [4.78, 5) is 0. The number of aromatic nitrogens is 1. The Kier molecular flexibility index (Phi) is 8.55. The Balaban J connectivity index is 1.41. The van der Waals surface area contributed by atoms with Gasteiger partial charge in [-0.3, -0.25) is 0 Å². The summed E-state index contributed by atoms with van der Waals surface area (Å²) >= 11 is 0. The molecule has 0 aliphatic heterocycles. The second-order valence-electron chi connectivity index (χ2n) is 14.8. The first-order valence-corrected chi connectivity index (χ1v) is 17.4. The predicted molar refractivity (Wildman–Crippen MR) is 197 cm³/mol. The van der Waals surface area contributed by atoms with E-state index in [0.29, 0.717) is 12.1 Å². The van der Waals surface area contributed by atoms with E-state index in [2.05, 4.69) is 76.2 Å². The lowest BCUT2D eigenvalue weighted by Crippen LogP contribution is -2.54. The van der Waals surface area contributed by atoms with Gasteiger partial charge >= 0.3 is 12.4 Å². The van der Waals surface area contributed by atoms with E-state index < -0.39 is 28.9 Å². The first-order chi connectivity index (χ1) is 24.6. The van der Waals surface area contributed by atoms with Gasteiger partial charge in [0.05, 0.1) is 5.52 Å². The van der Waals surface area contributed by atoms with Gasteiger partial charge in [-0.15, -0.1) is 0 Å². The molecule has 1 aromatic heterocycles. The summed E-state index contributed by atoms with van der Waals surface area (Å²) in [5.74, 6) is 0.125. The number of halogens is 6. The number of hydrogen-bond donors (Lipinski definition) is 0.